The Bertz CT molecular complexity index is 989. The lowest BCUT2D eigenvalue weighted by molar-refractivity contribution is -0.131. The molecule has 28 heavy (non-hydrogen) atoms. The summed E-state index contributed by atoms with van der Waals surface area (Å²) in [5.74, 6) is 1.11. The van der Waals surface area contributed by atoms with Crippen LogP contribution in [0.1, 0.15) is 27.7 Å². The fraction of sp³-hybridized carbons (Fsp3) is 0.381. The number of phenolic OH excluding ortho intramolecular Hbond substituents is 1. The third-order valence-electron chi connectivity index (χ3n) is 4.67. The van der Waals surface area contributed by atoms with Crippen LogP contribution >= 0.6 is 11.8 Å². The Morgan fingerprint density at radius 1 is 1.11 bits per heavy atom. The third-order valence-corrected chi connectivity index (χ3v) is 5.67. The molecule has 0 bridgehead atoms. The van der Waals surface area contributed by atoms with Gasteiger partial charge in [-0.1, -0.05) is 36.0 Å². The summed E-state index contributed by atoms with van der Waals surface area (Å²) in [5.41, 5.74) is 0.623. The first-order valence-corrected chi connectivity index (χ1v) is 10.3. The van der Waals surface area contributed by atoms with Gasteiger partial charge in [-0.3, -0.25) is 4.79 Å². The van der Waals surface area contributed by atoms with E-state index in [1.165, 1.54) is 11.8 Å². The van der Waals surface area contributed by atoms with E-state index in [9.17, 15) is 9.90 Å². The number of aromatic hydroxyl groups is 1. The number of hydrogen-bond donors (Lipinski definition) is 1. The Kier molecular flexibility index (Phi) is 5.93. The van der Waals surface area contributed by atoms with Gasteiger partial charge >= 0.3 is 0 Å². The molecule has 1 aromatic heterocycles. The van der Waals surface area contributed by atoms with Crippen molar-refractivity contribution >= 4 is 28.4 Å². The third kappa shape index (κ3) is 3.99. The second-order valence-corrected chi connectivity index (χ2v) is 8.30. The van der Waals surface area contributed by atoms with Gasteiger partial charge in [0.2, 0.25) is 5.91 Å². The molecule has 2 aromatic carbocycles. The second-order valence-electron chi connectivity index (χ2n) is 7.36. The van der Waals surface area contributed by atoms with E-state index in [1.54, 1.807) is 6.07 Å². The van der Waals surface area contributed by atoms with Gasteiger partial charge in [0.1, 0.15) is 5.75 Å². The van der Waals surface area contributed by atoms with Crippen LogP contribution in [0.25, 0.3) is 22.2 Å². The van der Waals surface area contributed by atoms with Gasteiger partial charge in [-0.2, -0.15) is 0 Å². The topological polar surface area (TPSA) is 71.2 Å². The molecule has 0 aliphatic rings. The van der Waals surface area contributed by atoms with Crippen LogP contribution in [-0.4, -0.2) is 48.5 Å². The minimum absolute atomic E-state index is 0.0769. The van der Waals surface area contributed by atoms with Gasteiger partial charge in [-0.05, 0) is 50.6 Å². The zero-order chi connectivity index (χ0) is 20.4. The van der Waals surface area contributed by atoms with E-state index in [0.717, 1.165) is 10.8 Å². The van der Waals surface area contributed by atoms with Crippen LogP contribution in [0, 0.1) is 0 Å². The van der Waals surface area contributed by atoms with Crippen LogP contribution in [0.4, 0.5) is 0 Å². The first-order chi connectivity index (χ1) is 13.3. The van der Waals surface area contributed by atoms with Crippen molar-refractivity contribution in [3.05, 3.63) is 36.4 Å². The minimum atomic E-state index is 0.0769. The standard InChI is InChI=1S/C21H26N4O2S/c1-13(2)25(14(3)4)19(27)12-28-21-23-22-20(24(21)5)17-10-15-8-6-7-9-16(15)11-18(17)26/h6-11,13-14,26H,12H2,1-5H3. The number of phenols is 1. The van der Waals surface area contributed by atoms with Gasteiger partial charge < -0.3 is 14.6 Å². The van der Waals surface area contributed by atoms with Crippen molar-refractivity contribution in [2.45, 2.75) is 44.9 Å². The normalized spacial score (nSPS) is 11.5. The van der Waals surface area contributed by atoms with Gasteiger partial charge in [0.15, 0.2) is 11.0 Å². The highest BCUT2D eigenvalue weighted by Gasteiger charge is 2.22. The van der Waals surface area contributed by atoms with Gasteiger partial charge in [0.05, 0.1) is 11.3 Å². The maximum absolute atomic E-state index is 12.6. The van der Waals surface area contributed by atoms with Crippen LogP contribution in [0.5, 0.6) is 5.75 Å². The Morgan fingerprint density at radius 2 is 1.71 bits per heavy atom. The van der Waals surface area contributed by atoms with Crippen molar-refractivity contribution < 1.29 is 9.90 Å². The van der Waals surface area contributed by atoms with E-state index in [-0.39, 0.29) is 23.7 Å². The maximum atomic E-state index is 12.6. The highest BCUT2D eigenvalue weighted by Crippen LogP contribution is 2.33. The molecule has 148 valence electrons. The summed E-state index contributed by atoms with van der Waals surface area (Å²) in [5, 5.41) is 21.6. The predicted octanol–water partition coefficient (Wildman–Crippen LogP) is 4.08. The molecule has 7 heteroatoms. The SMILES string of the molecule is CC(C)N(C(=O)CSc1nnc(-c2cc3ccccc3cc2O)n1C)C(C)C. The molecule has 1 heterocycles. The molecule has 0 unspecified atom stereocenters. The van der Waals surface area contributed by atoms with E-state index in [4.69, 9.17) is 0 Å². The largest absolute Gasteiger partial charge is 0.507 e. The van der Waals surface area contributed by atoms with Crippen molar-refractivity contribution in [1.29, 1.82) is 0 Å². The summed E-state index contributed by atoms with van der Waals surface area (Å²) in [6, 6.07) is 11.8. The summed E-state index contributed by atoms with van der Waals surface area (Å²) in [6.07, 6.45) is 0. The first kappa shape index (κ1) is 20.2. The zero-order valence-corrected chi connectivity index (χ0v) is 17.7. The molecule has 1 amide bonds. The summed E-state index contributed by atoms with van der Waals surface area (Å²) < 4.78 is 1.82. The lowest BCUT2D eigenvalue weighted by Crippen LogP contribution is -2.43. The second kappa shape index (κ2) is 8.22. The zero-order valence-electron chi connectivity index (χ0n) is 16.9. The predicted molar refractivity (Wildman–Crippen MR) is 113 cm³/mol. The number of aromatic nitrogens is 3. The monoisotopic (exact) mass is 398 g/mol. The Labute approximate surface area is 169 Å². The number of rotatable bonds is 6. The molecule has 0 spiro atoms. The number of fused-ring (bicyclic) bond motifs is 1. The summed E-state index contributed by atoms with van der Waals surface area (Å²) >= 11 is 1.36. The van der Waals surface area contributed by atoms with Crippen molar-refractivity contribution in [1.82, 2.24) is 19.7 Å². The Hall–Kier alpha value is -2.54. The number of nitrogens with zero attached hydrogens (tertiary/aromatic N) is 4. The average molecular weight is 399 g/mol. The van der Waals surface area contributed by atoms with E-state index < -0.39 is 0 Å². The first-order valence-electron chi connectivity index (χ1n) is 9.35. The van der Waals surface area contributed by atoms with Crippen molar-refractivity contribution in [2.75, 3.05) is 5.75 Å². The van der Waals surface area contributed by atoms with E-state index in [1.807, 2.05) is 74.5 Å². The van der Waals surface area contributed by atoms with E-state index in [0.29, 0.717) is 22.3 Å². The fourth-order valence-corrected chi connectivity index (χ4v) is 4.24. The van der Waals surface area contributed by atoms with Crippen molar-refractivity contribution in [2.24, 2.45) is 7.05 Å². The van der Waals surface area contributed by atoms with E-state index >= 15 is 0 Å². The highest BCUT2D eigenvalue weighted by molar-refractivity contribution is 7.99. The van der Waals surface area contributed by atoms with Crippen molar-refractivity contribution in [3.8, 4) is 17.1 Å². The van der Waals surface area contributed by atoms with Gasteiger partial charge in [-0.15, -0.1) is 10.2 Å². The molecule has 0 radical (unpaired) electrons. The molecule has 0 atom stereocenters. The van der Waals surface area contributed by atoms with Crippen molar-refractivity contribution in [3.63, 3.8) is 0 Å². The molecule has 3 aromatic rings. The molecule has 0 aliphatic carbocycles. The van der Waals surface area contributed by atoms with Crippen LogP contribution < -0.4 is 0 Å². The molecule has 6 nitrogen and oxygen atoms in total. The number of carbonyl (C=O) groups is 1. The molecular weight excluding hydrogens is 372 g/mol. The van der Waals surface area contributed by atoms with Gasteiger partial charge in [-0.25, -0.2) is 0 Å². The molecule has 3 rings (SSSR count). The van der Waals surface area contributed by atoms with Crippen LogP contribution in [0.3, 0.4) is 0 Å². The molecular formula is C21H26N4O2S. The number of carbonyl (C=O) groups excluding carboxylic acids is 1. The van der Waals surface area contributed by atoms with Crippen LogP contribution in [-0.2, 0) is 11.8 Å². The molecule has 0 saturated heterocycles. The number of thioether (sulfide) groups is 1. The summed E-state index contributed by atoms with van der Waals surface area (Å²) in [6.45, 7) is 8.08. The average Bonchev–Trinajstić information content (AvgIpc) is 2.99. The number of benzene rings is 2. The molecule has 0 fully saturated rings. The number of amides is 1. The smallest absolute Gasteiger partial charge is 0.233 e. The van der Waals surface area contributed by atoms with Gasteiger partial charge in [0.25, 0.3) is 0 Å². The quantitative estimate of drug-likeness (QED) is 0.634. The Balaban J connectivity index is 1.83. The van der Waals surface area contributed by atoms with Crippen LogP contribution in [0.2, 0.25) is 0 Å². The molecule has 0 saturated carbocycles. The Morgan fingerprint density at radius 3 is 2.32 bits per heavy atom. The fourth-order valence-electron chi connectivity index (χ4n) is 3.46. The highest BCUT2D eigenvalue weighted by atomic mass is 32.2. The summed E-state index contributed by atoms with van der Waals surface area (Å²) in [7, 11) is 1.85. The molecule has 1 N–H and O–H groups in total. The van der Waals surface area contributed by atoms with Gasteiger partial charge in [0, 0.05) is 19.1 Å². The van der Waals surface area contributed by atoms with Crippen LogP contribution in [0.15, 0.2) is 41.6 Å². The lowest BCUT2D eigenvalue weighted by atomic mass is 10.1. The summed E-state index contributed by atoms with van der Waals surface area (Å²) in [4.78, 5) is 14.5. The molecule has 0 aliphatic heterocycles. The maximum Gasteiger partial charge on any atom is 0.233 e. The minimum Gasteiger partial charge on any atom is -0.507 e. The number of hydrogen-bond acceptors (Lipinski definition) is 5. The lowest BCUT2D eigenvalue weighted by Gasteiger charge is -2.30. The van der Waals surface area contributed by atoms with E-state index in [2.05, 4.69) is 10.2 Å².